The van der Waals surface area contributed by atoms with Crippen LogP contribution < -0.4 is 4.87 Å². The summed E-state index contributed by atoms with van der Waals surface area (Å²) >= 11 is 1.87. The van der Waals surface area contributed by atoms with Gasteiger partial charge in [-0.1, -0.05) is 23.1 Å². The van der Waals surface area contributed by atoms with E-state index in [1.54, 1.807) is 12.1 Å². The Morgan fingerprint density at radius 1 is 1.19 bits per heavy atom. The minimum absolute atomic E-state index is 0.205. The molecule has 0 saturated carbocycles. The number of aliphatic carboxylic acids is 1. The van der Waals surface area contributed by atoms with Crippen LogP contribution in [0.15, 0.2) is 56.9 Å². The number of furan rings is 1. The number of thiazole rings is 1. The zero-order valence-electron chi connectivity index (χ0n) is 13.5. The van der Waals surface area contributed by atoms with Gasteiger partial charge in [-0.2, -0.15) is 0 Å². The summed E-state index contributed by atoms with van der Waals surface area (Å²) in [6, 6.07) is 8.26. The summed E-state index contributed by atoms with van der Waals surface area (Å²) in [7, 11) is 0. The van der Waals surface area contributed by atoms with Crippen molar-refractivity contribution in [1.29, 1.82) is 0 Å². The lowest BCUT2D eigenvalue weighted by atomic mass is 9.80. The number of Topliss-reactive ketones (excluding diaryl/α,β-unsaturated/α-hetero) is 1. The van der Waals surface area contributed by atoms with E-state index in [9.17, 15) is 23.9 Å². The van der Waals surface area contributed by atoms with Gasteiger partial charge in [0.2, 0.25) is 0 Å². The molecule has 1 aliphatic heterocycles. The predicted molar refractivity (Wildman–Crippen MR) is 97.0 cm³/mol. The molecule has 0 fully saturated rings. The van der Waals surface area contributed by atoms with E-state index in [1.807, 2.05) is 0 Å². The predicted octanol–water partition coefficient (Wildman–Crippen LogP) is 3.36. The van der Waals surface area contributed by atoms with Crippen LogP contribution in [-0.4, -0.2) is 27.1 Å². The Morgan fingerprint density at radius 3 is 2.56 bits per heavy atom. The van der Waals surface area contributed by atoms with Gasteiger partial charge in [0.15, 0.2) is 5.78 Å². The Labute approximate surface area is 160 Å². The summed E-state index contributed by atoms with van der Waals surface area (Å²) in [5.41, 5.74) is 0.205. The molecule has 0 amide bonds. The highest BCUT2D eigenvalue weighted by Gasteiger charge is 2.48. The number of thioether (sulfide) groups is 1. The van der Waals surface area contributed by atoms with E-state index in [0.29, 0.717) is 15.7 Å². The third kappa shape index (κ3) is 3.13. The number of carboxylic acids is 1. The third-order valence-electron chi connectivity index (χ3n) is 4.38. The Balaban J connectivity index is 1.88. The van der Waals surface area contributed by atoms with E-state index in [1.165, 1.54) is 18.4 Å². The molecule has 3 heterocycles. The SMILES string of the molecule is O=C(c1ccc(F)cc1)[C@@H]1[C@@H](c2ccco2)c2sc(=O)[nH]c2S[C@H]1C(=O)O. The number of aromatic amines is 1. The van der Waals surface area contributed by atoms with Crippen LogP contribution in [0.2, 0.25) is 0 Å². The lowest BCUT2D eigenvalue weighted by Crippen LogP contribution is -2.39. The van der Waals surface area contributed by atoms with Gasteiger partial charge in [0.1, 0.15) is 16.8 Å². The van der Waals surface area contributed by atoms with Crippen LogP contribution in [0.25, 0.3) is 0 Å². The van der Waals surface area contributed by atoms with Crippen molar-refractivity contribution in [3.63, 3.8) is 0 Å². The average molecular weight is 405 g/mol. The van der Waals surface area contributed by atoms with Gasteiger partial charge in [-0.25, -0.2) is 4.39 Å². The maximum Gasteiger partial charge on any atom is 0.317 e. The Bertz CT molecular complexity index is 1050. The van der Waals surface area contributed by atoms with Gasteiger partial charge in [-0.05, 0) is 36.4 Å². The number of H-pyrrole nitrogens is 1. The molecule has 0 spiro atoms. The highest BCUT2D eigenvalue weighted by molar-refractivity contribution is 8.00. The number of nitrogens with one attached hydrogen (secondary N) is 1. The van der Waals surface area contributed by atoms with Crippen LogP contribution in [0.4, 0.5) is 4.39 Å². The molecule has 0 radical (unpaired) electrons. The number of hydrogen-bond donors (Lipinski definition) is 2. The standard InChI is InChI=1S/C18H12FNO5S2/c19-9-5-3-8(4-6-9)13(21)12-11(10-2-1-7-25-10)14-16(20-18(24)27-14)26-15(12)17(22)23/h1-7,11-12,15H,(H,20,24)(H,22,23)/t11-,12+,15-/m1/s1. The Kier molecular flexibility index (Phi) is 4.48. The Hall–Kier alpha value is -2.65. The van der Waals surface area contributed by atoms with Crippen molar-refractivity contribution in [3.05, 3.63) is 74.3 Å². The summed E-state index contributed by atoms with van der Waals surface area (Å²) in [5, 5.41) is 9.05. The first-order valence-corrected chi connectivity index (χ1v) is 9.61. The number of ketones is 1. The van der Waals surface area contributed by atoms with Gasteiger partial charge in [0, 0.05) is 5.56 Å². The van der Waals surface area contributed by atoms with Gasteiger partial charge in [-0.3, -0.25) is 14.4 Å². The molecule has 3 aromatic rings. The quantitative estimate of drug-likeness (QED) is 0.646. The van der Waals surface area contributed by atoms with Crippen LogP contribution in [0.5, 0.6) is 0 Å². The van der Waals surface area contributed by atoms with Crippen LogP contribution >= 0.6 is 23.1 Å². The number of hydrogen-bond acceptors (Lipinski definition) is 6. The summed E-state index contributed by atoms with van der Waals surface area (Å²) in [4.78, 5) is 39.9. The summed E-state index contributed by atoms with van der Waals surface area (Å²) < 4.78 is 18.7. The fourth-order valence-electron chi connectivity index (χ4n) is 3.23. The highest BCUT2D eigenvalue weighted by atomic mass is 32.2. The lowest BCUT2D eigenvalue weighted by Gasteiger charge is -2.33. The van der Waals surface area contributed by atoms with Crippen LogP contribution in [0.3, 0.4) is 0 Å². The molecule has 6 nitrogen and oxygen atoms in total. The number of carbonyl (C=O) groups is 2. The van der Waals surface area contributed by atoms with Crippen molar-refractivity contribution >= 4 is 34.9 Å². The molecule has 1 aromatic carbocycles. The molecular formula is C18H12FNO5S2. The van der Waals surface area contributed by atoms with E-state index >= 15 is 0 Å². The molecular weight excluding hydrogens is 393 g/mol. The van der Waals surface area contributed by atoms with Gasteiger partial charge in [-0.15, -0.1) is 0 Å². The number of carbonyl (C=O) groups excluding carboxylic acids is 1. The van der Waals surface area contributed by atoms with E-state index < -0.39 is 34.7 Å². The molecule has 138 valence electrons. The second kappa shape index (κ2) is 6.82. The van der Waals surface area contributed by atoms with Crippen molar-refractivity contribution in [3.8, 4) is 0 Å². The number of fused-ring (bicyclic) bond motifs is 1. The van der Waals surface area contributed by atoms with Gasteiger partial charge < -0.3 is 14.5 Å². The van der Waals surface area contributed by atoms with Gasteiger partial charge >= 0.3 is 10.8 Å². The zero-order valence-corrected chi connectivity index (χ0v) is 15.2. The number of benzene rings is 1. The number of rotatable bonds is 4. The minimum atomic E-state index is -1.17. The van der Waals surface area contributed by atoms with Crippen molar-refractivity contribution in [2.45, 2.75) is 16.2 Å². The lowest BCUT2D eigenvalue weighted by molar-refractivity contribution is -0.137. The van der Waals surface area contributed by atoms with Crippen molar-refractivity contribution < 1.29 is 23.5 Å². The second-order valence-electron chi connectivity index (χ2n) is 5.97. The molecule has 3 atom stereocenters. The van der Waals surface area contributed by atoms with Gasteiger partial charge in [0.25, 0.3) is 0 Å². The number of halogens is 1. The second-order valence-corrected chi connectivity index (χ2v) is 8.14. The van der Waals surface area contributed by atoms with Gasteiger partial charge in [0.05, 0.1) is 28.0 Å². The molecule has 2 aromatic heterocycles. The maximum absolute atomic E-state index is 13.2. The number of aromatic nitrogens is 1. The maximum atomic E-state index is 13.2. The van der Waals surface area contributed by atoms with E-state index in [2.05, 4.69) is 4.98 Å². The van der Waals surface area contributed by atoms with Crippen LogP contribution in [-0.2, 0) is 4.79 Å². The summed E-state index contributed by atoms with van der Waals surface area (Å²) in [6.45, 7) is 0. The molecule has 1 aliphatic rings. The highest BCUT2D eigenvalue weighted by Crippen LogP contribution is 2.50. The molecule has 27 heavy (non-hydrogen) atoms. The van der Waals surface area contributed by atoms with Crippen molar-refractivity contribution in [2.24, 2.45) is 5.92 Å². The molecule has 2 N–H and O–H groups in total. The largest absolute Gasteiger partial charge is 0.480 e. The van der Waals surface area contributed by atoms with E-state index in [-0.39, 0.29) is 10.4 Å². The molecule has 0 unspecified atom stereocenters. The van der Waals surface area contributed by atoms with E-state index in [0.717, 1.165) is 35.2 Å². The average Bonchev–Trinajstić information content (AvgIpc) is 3.28. The molecule has 0 saturated heterocycles. The van der Waals surface area contributed by atoms with Crippen molar-refractivity contribution in [2.75, 3.05) is 0 Å². The van der Waals surface area contributed by atoms with Crippen LogP contribution in [0.1, 0.15) is 26.9 Å². The smallest absolute Gasteiger partial charge is 0.317 e. The Morgan fingerprint density at radius 2 is 1.93 bits per heavy atom. The molecule has 9 heteroatoms. The number of carboxylic acid groups (broad SMARTS) is 1. The fraction of sp³-hybridized carbons (Fsp3) is 0.167. The monoisotopic (exact) mass is 405 g/mol. The molecule has 4 rings (SSSR count). The summed E-state index contributed by atoms with van der Waals surface area (Å²) in [6.07, 6.45) is 1.43. The minimum Gasteiger partial charge on any atom is -0.480 e. The summed E-state index contributed by atoms with van der Waals surface area (Å²) in [5.74, 6) is -3.44. The first kappa shape index (κ1) is 17.7. The normalized spacial score (nSPS) is 21.6. The van der Waals surface area contributed by atoms with E-state index in [4.69, 9.17) is 4.42 Å². The first-order chi connectivity index (χ1) is 13.0. The topological polar surface area (TPSA) is 100 Å². The van der Waals surface area contributed by atoms with Crippen LogP contribution in [0, 0.1) is 11.7 Å². The molecule has 0 aliphatic carbocycles. The third-order valence-corrected chi connectivity index (χ3v) is 6.78. The fourth-order valence-corrected chi connectivity index (χ4v) is 5.63. The first-order valence-electron chi connectivity index (χ1n) is 7.91. The van der Waals surface area contributed by atoms with Crippen molar-refractivity contribution in [1.82, 2.24) is 4.98 Å². The zero-order chi connectivity index (χ0) is 19.1. The molecule has 0 bridgehead atoms.